The van der Waals surface area contributed by atoms with Gasteiger partial charge in [-0.05, 0) is 13.0 Å². The first kappa shape index (κ1) is 13.2. The van der Waals surface area contributed by atoms with E-state index in [0.29, 0.717) is 12.1 Å². The molecule has 0 fully saturated rings. The minimum atomic E-state index is -1.47. The zero-order valence-electron chi connectivity index (χ0n) is 8.93. The number of hydrogen-bond acceptors (Lipinski definition) is 3. The van der Waals surface area contributed by atoms with Gasteiger partial charge in [0.25, 0.3) is 0 Å². The lowest BCUT2D eigenvalue weighted by Gasteiger charge is -2.04. The molecular formula is C11H9F3O3. The van der Waals surface area contributed by atoms with E-state index in [2.05, 4.69) is 4.74 Å². The van der Waals surface area contributed by atoms with Crippen molar-refractivity contribution in [2.45, 2.75) is 13.3 Å². The molecule has 0 saturated carbocycles. The Kier molecular flexibility index (Phi) is 4.25. The Labute approximate surface area is 95.2 Å². The summed E-state index contributed by atoms with van der Waals surface area (Å²) in [7, 11) is 0. The van der Waals surface area contributed by atoms with Crippen LogP contribution in [0.25, 0.3) is 0 Å². The zero-order valence-corrected chi connectivity index (χ0v) is 8.93. The largest absolute Gasteiger partial charge is 0.466 e. The number of hydrogen-bond donors (Lipinski definition) is 0. The van der Waals surface area contributed by atoms with Gasteiger partial charge in [-0.2, -0.15) is 0 Å². The van der Waals surface area contributed by atoms with Crippen molar-refractivity contribution in [3.05, 3.63) is 35.1 Å². The lowest BCUT2D eigenvalue weighted by Crippen LogP contribution is -2.13. The molecule has 3 nitrogen and oxygen atoms in total. The van der Waals surface area contributed by atoms with Crippen LogP contribution in [0.5, 0.6) is 0 Å². The molecule has 92 valence electrons. The Balaban J connectivity index is 2.93. The van der Waals surface area contributed by atoms with Gasteiger partial charge in [-0.15, -0.1) is 0 Å². The SMILES string of the molecule is CCOC(=O)CC(=O)c1cc(F)cc(F)c1F. The first-order chi connectivity index (χ1) is 7.95. The summed E-state index contributed by atoms with van der Waals surface area (Å²) in [6.07, 6.45) is -0.756. The summed E-state index contributed by atoms with van der Waals surface area (Å²) in [4.78, 5) is 22.3. The first-order valence-electron chi connectivity index (χ1n) is 4.79. The molecule has 0 spiro atoms. The molecule has 0 radical (unpaired) electrons. The van der Waals surface area contributed by atoms with Gasteiger partial charge in [0.15, 0.2) is 17.4 Å². The third-order valence-electron chi connectivity index (χ3n) is 1.90. The normalized spacial score (nSPS) is 10.1. The van der Waals surface area contributed by atoms with Crippen molar-refractivity contribution in [2.75, 3.05) is 6.61 Å². The maximum absolute atomic E-state index is 13.2. The number of carbonyl (C=O) groups is 2. The average Bonchev–Trinajstić information content (AvgIpc) is 2.23. The Hall–Kier alpha value is -1.85. The highest BCUT2D eigenvalue weighted by Crippen LogP contribution is 2.16. The lowest BCUT2D eigenvalue weighted by molar-refractivity contribution is -0.141. The van der Waals surface area contributed by atoms with Gasteiger partial charge in [-0.1, -0.05) is 0 Å². The molecule has 17 heavy (non-hydrogen) atoms. The van der Waals surface area contributed by atoms with E-state index < -0.39 is 41.2 Å². The molecule has 6 heteroatoms. The Morgan fingerprint density at radius 2 is 1.88 bits per heavy atom. The summed E-state index contributed by atoms with van der Waals surface area (Å²) in [5.41, 5.74) is -0.796. The summed E-state index contributed by atoms with van der Waals surface area (Å²) < 4.78 is 43.2. The van der Waals surface area contributed by atoms with Crippen LogP contribution in [-0.2, 0) is 9.53 Å². The summed E-state index contributed by atoms with van der Waals surface area (Å²) in [5, 5.41) is 0. The number of halogens is 3. The monoisotopic (exact) mass is 246 g/mol. The summed E-state index contributed by atoms with van der Waals surface area (Å²) in [5.74, 6) is -5.94. The van der Waals surface area contributed by atoms with Gasteiger partial charge < -0.3 is 4.74 Å². The van der Waals surface area contributed by atoms with Crippen LogP contribution in [0.15, 0.2) is 12.1 Å². The van der Waals surface area contributed by atoms with Gasteiger partial charge in [-0.3, -0.25) is 9.59 Å². The molecule has 0 heterocycles. The fourth-order valence-electron chi connectivity index (χ4n) is 1.20. The quantitative estimate of drug-likeness (QED) is 0.354. The van der Waals surface area contributed by atoms with Gasteiger partial charge in [0.05, 0.1) is 12.2 Å². The van der Waals surface area contributed by atoms with Crippen molar-refractivity contribution < 1.29 is 27.5 Å². The molecule has 0 bridgehead atoms. The molecule has 0 saturated heterocycles. The number of Topliss-reactive ketones (excluding diaryl/α,β-unsaturated/α-hetero) is 1. The Morgan fingerprint density at radius 3 is 2.47 bits per heavy atom. The molecule has 0 aliphatic heterocycles. The van der Waals surface area contributed by atoms with Crippen LogP contribution in [0.3, 0.4) is 0 Å². The van der Waals surface area contributed by atoms with Crippen molar-refractivity contribution >= 4 is 11.8 Å². The molecule has 0 unspecified atom stereocenters. The second-order valence-electron chi connectivity index (χ2n) is 3.15. The van der Waals surface area contributed by atoms with Crippen LogP contribution in [0.2, 0.25) is 0 Å². The third kappa shape index (κ3) is 3.30. The highest BCUT2D eigenvalue weighted by atomic mass is 19.2. The van der Waals surface area contributed by atoms with Gasteiger partial charge in [0.1, 0.15) is 12.2 Å². The van der Waals surface area contributed by atoms with Crippen molar-refractivity contribution in [1.82, 2.24) is 0 Å². The standard InChI is InChI=1S/C11H9F3O3/c1-2-17-10(16)5-9(15)7-3-6(12)4-8(13)11(7)14/h3-4H,2,5H2,1H3. The molecule has 0 atom stereocenters. The molecule has 0 amide bonds. The summed E-state index contributed by atoms with van der Waals surface area (Å²) in [6.45, 7) is 1.59. The molecular weight excluding hydrogens is 237 g/mol. The molecule has 0 aliphatic rings. The van der Waals surface area contributed by atoms with Crippen LogP contribution >= 0.6 is 0 Å². The topological polar surface area (TPSA) is 43.4 Å². The number of ether oxygens (including phenoxy) is 1. The van der Waals surface area contributed by atoms with E-state index in [1.807, 2.05) is 0 Å². The van der Waals surface area contributed by atoms with E-state index in [1.54, 1.807) is 0 Å². The van der Waals surface area contributed by atoms with Crippen molar-refractivity contribution in [1.29, 1.82) is 0 Å². The van der Waals surface area contributed by atoms with E-state index in [9.17, 15) is 22.8 Å². The van der Waals surface area contributed by atoms with Crippen molar-refractivity contribution in [3.63, 3.8) is 0 Å². The average molecular weight is 246 g/mol. The fraction of sp³-hybridized carbons (Fsp3) is 0.273. The minimum Gasteiger partial charge on any atom is -0.466 e. The third-order valence-corrected chi connectivity index (χ3v) is 1.90. The lowest BCUT2D eigenvalue weighted by atomic mass is 10.1. The van der Waals surface area contributed by atoms with E-state index in [1.165, 1.54) is 6.92 Å². The first-order valence-corrected chi connectivity index (χ1v) is 4.79. The minimum absolute atomic E-state index is 0.0616. The maximum atomic E-state index is 13.2. The van der Waals surface area contributed by atoms with Crippen LogP contribution in [0.1, 0.15) is 23.7 Å². The van der Waals surface area contributed by atoms with Crippen LogP contribution < -0.4 is 0 Å². The van der Waals surface area contributed by atoms with Crippen LogP contribution in [-0.4, -0.2) is 18.4 Å². The van der Waals surface area contributed by atoms with Gasteiger partial charge in [0.2, 0.25) is 0 Å². The van der Waals surface area contributed by atoms with Crippen LogP contribution in [0, 0.1) is 17.5 Å². The molecule has 1 aromatic rings. The number of ketones is 1. The van der Waals surface area contributed by atoms with Crippen molar-refractivity contribution in [3.8, 4) is 0 Å². The summed E-state index contributed by atoms with van der Waals surface area (Å²) in [6, 6.07) is 0.858. The second-order valence-corrected chi connectivity index (χ2v) is 3.15. The number of carbonyl (C=O) groups excluding carboxylic acids is 2. The Morgan fingerprint density at radius 1 is 1.24 bits per heavy atom. The molecule has 0 aromatic heterocycles. The van der Waals surface area contributed by atoms with E-state index >= 15 is 0 Å². The number of rotatable bonds is 4. The number of benzene rings is 1. The highest BCUT2D eigenvalue weighted by Gasteiger charge is 2.20. The molecule has 1 rings (SSSR count). The zero-order chi connectivity index (χ0) is 13.0. The maximum Gasteiger partial charge on any atom is 0.313 e. The van der Waals surface area contributed by atoms with Gasteiger partial charge in [0, 0.05) is 6.07 Å². The second kappa shape index (κ2) is 5.47. The Bertz CT molecular complexity index is 458. The highest BCUT2D eigenvalue weighted by molar-refractivity contribution is 6.06. The smallest absolute Gasteiger partial charge is 0.313 e. The van der Waals surface area contributed by atoms with Crippen molar-refractivity contribution in [2.24, 2.45) is 0 Å². The van der Waals surface area contributed by atoms with Gasteiger partial charge >= 0.3 is 5.97 Å². The van der Waals surface area contributed by atoms with Gasteiger partial charge in [-0.25, -0.2) is 13.2 Å². The van der Waals surface area contributed by atoms with E-state index in [4.69, 9.17) is 0 Å². The predicted molar refractivity (Wildman–Crippen MR) is 51.9 cm³/mol. The predicted octanol–water partition coefficient (Wildman–Crippen LogP) is 2.24. The summed E-state index contributed by atoms with van der Waals surface area (Å²) >= 11 is 0. The fourth-order valence-corrected chi connectivity index (χ4v) is 1.20. The van der Waals surface area contributed by atoms with E-state index in [0.717, 1.165) is 0 Å². The molecule has 0 aliphatic carbocycles. The molecule has 1 aromatic carbocycles. The van der Waals surface area contributed by atoms with Crippen LogP contribution in [0.4, 0.5) is 13.2 Å². The van der Waals surface area contributed by atoms with E-state index in [-0.39, 0.29) is 6.61 Å². The molecule has 0 N–H and O–H groups in total. The number of esters is 1.